The first-order chi connectivity index (χ1) is 12.7. The van der Waals surface area contributed by atoms with Crippen LogP contribution in [0.3, 0.4) is 0 Å². The molecule has 142 valence electrons. The molecule has 6 nitrogen and oxygen atoms in total. The third-order valence-electron chi connectivity index (χ3n) is 3.80. The summed E-state index contributed by atoms with van der Waals surface area (Å²) in [5, 5.41) is 2.62. The van der Waals surface area contributed by atoms with Gasteiger partial charge in [0.05, 0.1) is 9.79 Å². The van der Waals surface area contributed by atoms with E-state index in [0.29, 0.717) is 0 Å². The minimum Gasteiger partial charge on any atom is -0.282 e. The Morgan fingerprint density at radius 3 is 1.14 bits per heavy atom. The summed E-state index contributed by atoms with van der Waals surface area (Å²) >= 11 is 0. The molecule has 0 atom stereocenters. The average molecular weight is 501 g/mol. The average Bonchev–Trinajstić information content (AvgIpc) is 2.62. The fraction of sp³-hybridized carbons (Fsp3) is 0. The summed E-state index contributed by atoms with van der Waals surface area (Å²) in [6.45, 7) is 0. The van der Waals surface area contributed by atoms with E-state index in [9.17, 15) is 16.8 Å². The van der Waals surface area contributed by atoms with Crippen molar-refractivity contribution in [2.75, 3.05) is 0 Å². The predicted molar refractivity (Wildman–Crippen MR) is 116 cm³/mol. The zero-order valence-electron chi connectivity index (χ0n) is 15.8. The molecule has 0 aliphatic heterocycles. The molecule has 0 bridgehead atoms. The number of hydrogen-bond donors (Lipinski definition) is 2. The van der Waals surface area contributed by atoms with Crippen molar-refractivity contribution in [3.05, 3.63) is 78.9 Å². The number of hydrogen-bond acceptors (Lipinski definition) is 4. The van der Waals surface area contributed by atoms with E-state index in [1.54, 1.807) is 24.3 Å². The van der Waals surface area contributed by atoms with Crippen molar-refractivity contribution in [1.29, 1.82) is 0 Å². The van der Waals surface area contributed by atoms with E-state index < -0.39 is 28.2 Å². The van der Waals surface area contributed by atoms with E-state index in [0.717, 1.165) is 15.9 Å². The Kier molecular flexibility index (Phi) is 11.6. The standard InChI is InChI=1S/C18H15O6PS2.2K/c19-26(20,21)17-10-6-15(7-11-17)25(14-4-2-1-3-5-14)16-8-12-18(13-9-16)27(22,23)24;;/h1-13H,(H,19,20,21)(H,22,23,24);;. The summed E-state index contributed by atoms with van der Waals surface area (Å²) in [7, 11) is -9.66. The Labute approximate surface area is 256 Å². The molecule has 0 saturated heterocycles. The van der Waals surface area contributed by atoms with Gasteiger partial charge in [-0.15, -0.1) is 0 Å². The second-order valence-corrected chi connectivity index (χ2v) is 10.7. The van der Waals surface area contributed by atoms with Gasteiger partial charge >= 0.3 is 0 Å². The van der Waals surface area contributed by atoms with Gasteiger partial charge in [0.1, 0.15) is 0 Å². The molecule has 3 rings (SSSR count). The summed E-state index contributed by atoms with van der Waals surface area (Å²) in [5.74, 6) is 0. The normalized spacial score (nSPS) is 11.4. The molecule has 0 unspecified atom stereocenters. The van der Waals surface area contributed by atoms with Gasteiger partial charge in [0.2, 0.25) is 0 Å². The van der Waals surface area contributed by atoms with Gasteiger partial charge in [-0.3, -0.25) is 9.11 Å². The minimum atomic E-state index is -4.28. The summed E-state index contributed by atoms with van der Waals surface area (Å²) < 4.78 is 63.4. The van der Waals surface area contributed by atoms with Crippen molar-refractivity contribution in [1.82, 2.24) is 0 Å². The van der Waals surface area contributed by atoms with Crippen LogP contribution in [0.2, 0.25) is 0 Å². The molecule has 11 heteroatoms. The molecule has 2 N–H and O–H groups in total. The molecule has 0 aromatic heterocycles. The van der Waals surface area contributed by atoms with Gasteiger partial charge in [-0.2, -0.15) is 16.8 Å². The summed E-state index contributed by atoms with van der Waals surface area (Å²) in [6, 6.07) is 21.3. The molecule has 2 radical (unpaired) electrons. The predicted octanol–water partition coefficient (Wildman–Crippen LogP) is 1.18. The van der Waals surface area contributed by atoms with Crippen LogP contribution in [-0.2, 0) is 20.2 Å². The maximum atomic E-state index is 11.3. The van der Waals surface area contributed by atoms with Gasteiger partial charge in [-0.05, 0) is 48.1 Å². The second kappa shape index (κ2) is 11.9. The molecule has 0 fully saturated rings. The molecular weight excluding hydrogens is 485 g/mol. The Bertz CT molecular complexity index is 1080. The molecule has 0 aliphatic rings. The first-order valence-electron chi connectivity index (χ1n) is 7.66. The van der Waals surface area contributed by atoms with Crippen LogP contribution in [-0.4, -0.2) is 129 Å². The van der Waals surface area contributed by atoms with E-state index in [2.05, 4.69) is 0 Å². The monoisotopic (exact) mass is 500 g/mol. The third kappa shape index (κ3) is 7.62. The zero-order valence-corrected chi connectivity index (χ0v) is 24.6. The molecule has 3 aromatic rings. The van der Waals surface area contributed by atoms with Crippen molar-refractivity contribution in [3.8, 4) is 0 Å². The Balaban J connectivity index is 0.00000210. The van der Waals surface area contributed by atoms with Crippen molar-refractivity contribution in [2.45, 2.75) is 9.79 Å². The Hall–Kier alpha value is 1.18. The first kappa shape index (κ1) is 28.2. The second-order valence-electron chi connectivity index (χ2n) is 5.61. The van der Waals surface area contributed by atoms with Gasteiger partial charge in [0.25, 0.3) is 20.2 Å². The van der Waals surface area contributed by atoms with Crippen molar-refractivity contribution in [3.63, 3.8) is 0 Å². The maximum Gasteiger partial charge on any atom is 0.294 e. The smallest absolute Gasteiger partial charge is 0.282 e. The topological polar surface area (TPSA) is 109 Å². The van der Waals surface area contributed by atoms with E-state index >= 15 is 0 Å². The van der Waals surface area contributed by atoms with Gasteiger partial charge in [0, 0.05) is 103 Å². The summed E-state index contributed by atoms with van der Waals surface area (Å²) in [4.78, 5) is -0.396. The van der Waals surface area contributed by atoms with Gasteiger partial charge in [-0.1, -0.05) is 54.6 Å². The van der Waals surface area contributed by atoms with Crippen LogP contribution in [0.25, 0.3) is 0 Å². The number of rotatable bonds is 5. The summed E-state index contributed by atoms with van der Waals surface area (Å²) in [6.07, 6.45) is 0. The SMILES string of the molecule is O=S(=O)(O)c1ccc(P(c2ccccc2)c2ccc(S(=O)(=O)O)cc2)cc1.[K].[K]. The minimum absolute atomic E-state index is 0. The van der Waals surface area contributed by atoms with Gasteiger partial charge in [0.15, 0.2) is 0 Å². The van der Waals surface area contributed by atoms with Gasteiger partial charge < -0.3 is 0 Å². The summed E-state index contributed by atoms with van der Waals surface area (Å²) in [5.41, 5.74) is 0. The molecule has 3 aromatic carbocycles. The Morgan fingerprint density at radius 2 is 0.828 bits per heavy atom. The van der Waals surface area contributed by atoms with Crippen LogP contribution in [0, 0.1) is 0 Å². The van der Waals surface area contributed by atoms with Crippen LogP contribution >= 0.6 is 7.92 Å². The van der Waals surface area contributed by atoms with Crippen molar-refractivity contribution < 1.29 is 25.9 Å². The first-order valence-corrected chi connectivity index (χ1v) is 11.9. The van der Waals surface area contributed by atoms with Crippen LogP contribution in [0.1, 0.15) is 0 Å². The van der Waals surface area contributed by atoms with E-state index in [-0.39, 0.29) is 113 Å². The van der Waals surface area contributed by atoms with Crippen molar-refractivity contribution >= 4 is 147 Å². The Morgan fingerprint density at radius 1 is 0.517 bits per heavy atom. The molecule has 29 heavy (non-hydrogen) atoms. The number of benzene rings is 3. The molecule has 0 aliphatic carbocycles. The quantitative estimate of drug-likeness (QED) is 0.309. The maximum absolute atomic E-state index is 11.3. The molecule has 0 spiro atoms. The third-order valence-corrected chi connectivity index (χ3v) is 7.98. The van der Waals surface area contributed by atoms with Crippen LogP contribution < -0.4 is 15.9 Å². The van der Waals surface area contributed by atoms with Gasteiger partial charge in [-0.25, -0.2) is 0 Å². The van der Waals surface area contributed by atoms with Crippen LogP contribution in [0.5, 0.6) is 0 Å². The van der Waals surface area contributed by atoms with E-state index in [4.69, 9.17) is 9.11 Å². The van der Waals surface area contributed by atoms with Crippen LogP contribution in [0.15, 0.2) is 88.7 Å². The largest absolute Gasteiger partial charge is 0.294 e. The van der Waals surface area contributed by atoms with Crippen molar-refractivity contribution in [2.24, 2.45) is 0 Å². The van der Waals surface area contributed by atoms with E-state index in [1.807, 2.05) is 30.3 Å². The fourth-order valence-electron chi connectivity index (χ4n) is 2.56. The molecular formula is C18H15K2O6PS2. The fourth-order valence-corrected chi connectivity index (χ4v) is 5.78. The molecule has 0 heterocycles. The van der Waals surface area contributed by atoms with Crippen LogP contribution in [0.4, 0.5) is 0 Å². The van der Waals surface area contributed by atoms with E-state index in [1.165, 1.54) is 24.3 Å². The molecule has 0 amide bonds. The molecule has 0 saturated carbocycles. The zero-order chi connectivity index (χ0) is 19.7.